The van der Waals surface area contributed by atoms with E-state index in [1.54, 1.807) is 6.20 Å². The Kier molecular flexibility index (Phi) is 4.80. The monoisotopic (exact) mass is 412 g/mol. The third-order valence-corrected chi connectivity index (χ3v) is 5.78. The highest BCUT2D eigenvalue weighted by molar-refractivity contribution is 6.02. The molecule has 3 aromatic rings. The van der Waals surface area contributed by atoms with Crippen molar-refractivity contribution in [2.24, 2.45) is 11.8 Å². The number of imidazole rings is 1. The highest BCUT2D eigenvalue weighted by Gasteiger charge is 2.30. The second kappa shape index (κ2) is 7.62. The second-order valence-corrected chi connectivity index (χ2v) is 8.18. The summed E-state index contributed by atoms with van der Waals surface area (Å²) in [6.07, 6.45) is 11.3. The molecule has 4 heterocycles. The lowest BCUT2D eigenvalue weighted by Crippen LogP contribution is -2.47. The Balaban J connectivity index is 1.21. The molecule has 30 heavy (non-hydrogen) atoms. The smallest absolute Gasteiger partial charge is 0.275 e. The van der Waals surface area contributed by atoms with Crippen LogP contribution in [0.15, 0.2) is 30.9 Å². The normalized spacial score (nSPS) is 16.7. The molecular formula is C21H22F2N6O. The fourth-order valence-electron chi connectivity index (χ4n) is 3.85. The molecule has 1 amide bonds. The van der Waals surface area contributed by atoms with Gasteiger partial charge in [0.1, 0.15) is 18.2 Å². The molecule has 1 saturated heterocycles. The van der Waals surface area contributed by atoms with E-state index >= 15 is 0 Å². The van der Waals surface area contributed by atoms with Gasteiger partial charge in [-0.3, -0.25) is 4.79 Å². The molecule has 1 aliphatic carbocycles. The van der Waals surface area contributed by atoms with Crippen LogP contribution in [0.4, 0.5) is 20.3 Å². The number of anilines is 2. The van der Waals surface area contributed by atoms with Crippen molar-refractivity contribution in [3.8, 4) is 0 Å². The number of fused-ring (bicyclic) bond motifs is 1. The van der Waals surface area contributed by atoms with E-state index in [1.165, 1.54) is 48.7 Å². The third kappa shape index (κ3) is 3.83. The van der Waals surface area contributed by atoms with Crippen LogP contribution in [0.2, 0.25) is 0 Å². The van der Waals surface area contributed by atoms with Gasteiger partial charge in [0.15, 0.2) is 11.5 Å². The topological polar surface area (TPSA) is 75.4 Å². The van der Waals surface area contributed by atoms with Gasteiger partial charge in [0.05, 0.1) is 23.8 Å². The number of hydrogen-bond acceptors (Lipinski definition) is 5. The summed E-state index contributed by atoms with van der Waals surface area (Å²) in [6.45, 7) is 1.18. The summed E-state index contributed by atoms with van der Waals surface area (Å²) < 4.78 is 28.3. The number of nitrogens with one attached hydrogen (secondary N) is 1. The first-order chi connectivity index (χ1) is 14.6. The molecule has 1 aliphatic heterocycles. The first-order valence-electron chi connectivity index (χ1n) is 10.2. The van der Waals surface area contributed by atoms with Crippen molar-refractivity contribution < 1.29 is 13.6 Å². The van der Waals surface area contributed by atoms with Gasteiger partial charge in [-0.25, -0.2) is 23.7 Å². The minimum absolute atomic E-state index is 0.00905. The number of halogens is 2. The lowest BCUT2D eigenvalue weighted by atomic mass is 9.93. The molecule has 3 aromatic heterocycles. The van der Waals surface area contributed by atoms with E-state index in [4.69, 9.17) is 0 Å². The van der Waals surface area contributed by atoms with Crippen molar-refractivity contribution in [1.29, 1.82) is 0 Å². The number of amides is 1. The van der Waals surface area contributed by atoms with Crippen molar-refractivity contribution in [3.05, 3.63) is 48.1 Å². The minimum Gasteiger partial charge on any atom is -0.355 e. The number of pyridine rings is 1. The summed E-state index contributed by atoms with van der Waals surface area (Å²) in [5.74, 6) is 1.30. The van der Waals surface area contributed by atoms with E-state index in [9.17, 15) is 13.6 Å². The molecule has 1 N–H and O–H groups in total. The molecule has 0 aromatic carbocycles. The Morgan fingerprint density at radius 3 is 2.63 bits per heavy atom. The number of alkyl halides is 1. The van der Waals surface area contributed by atoms with Gasteiger partial charge in [0.2, 0.25) is 0 Å². The Morgan fingerprint density at radius 2 is 1.93 bits per heavy atom. The van der Waals surface area contributed by atoms with Crippen LogP contribution in [0, 0.1) is 17.7 Å². The molecule has 2 aliphatic rings. The first kappa shape index (κ1) is 18.9. The molecule has 5 rings (SSSR count). The molecule has 0 bridgehead atoms. The fourth-order valence-corrected chi connectivity index (χ4v) is 3.85. The van der Waals surface area contributed by atoms with Crippen LogP contribution in [0.3, 0.4) is 0 Å². The lowest BCUT2D eigenvalue weighted by Gasteiger charge is -2.40. The van der Waals surface area contributed by atoms with Crippen molar-refractivity contribution in [2.45, 2.75) is 32.4 Å². The molecule has 0 atom stereocenters. The zero-order valence-corrected chi connectivity index (χ0v) is 16.4. The largest absolute Gasteiger partial charge is 0.355 e. The zero-order chi connectivity index (χ0) is 20.7. The summed E-state index contributed by atoms with van der Waals surface area (Å²) in [5.41, 5.74) is 0.495. The molecule has 0 radical (unpaired) electrons. The predicted octanol–water partition coefficient (Wildman–Crippen LogP) is 3.61. The van der Waals surface area contributed by atoms with Gasteiger partial charge in [-0.2, -0.15) is 0 Å². The van der Waals surface area contributed by atoms with Crippen LogP contribution < -0.4 is 10.2 Å². The Morgan fingerprint density at radius 1 is 1.13 bits per heavy atom. The molecule has 1 saturated carbocycles. The molecule has 9 heteroatoms. The van der Waals surface area contributed by atoms with E-state index < -0.39 is 18.4 Å². The molecule has 0 unspecified atom stereocenters. The van der Waals surface area contributed by atoms with E-state index in [0.717, 1.165) is 36.8 Å². The summed E-state index contributed by atoms with van der Waals surface area (Å²) in [7, 11) is 0. The molecule has 0 spiro atoms. The maximum Gasteiger partial charge on any atom is 0.275 e. The standard InChI is InChI=1S/C21H22F2N6O/c22-6-16-12-29-11-15(5-17(23)20(29)26-16)27-21(30)18-7-25-19(8-24-18)28-9-14(10-28)4-3-13-1-2-13/h5,7-8,11-14H,1-4,6,9-10H2,(H,27,30). The van der Waals surface area contributed by atoms with Gasteiger partial charge in [-0.1, -0.05) is 19.3 Å². The van der Waals surface area contributed by atoms with Crippen LogP contribution in [0.25, 0.3) is 5.65 Å². The molecular weight excluding hydrogens is 390 g/mol. The number of nitrogens with zero attached hydrogens (tertiary/aromatic N) is 5. The predicted molar refractivity (Wildman–Crippen MR) is 108 cm³/mol. The van der Waals surface area contributed by atoms with Crippen molar-refractivity contribution in [1.82, 2.24) is 19.4 Å². The van der Waals surface area contributed by atoms with Gasteiger partial charge in [0.25, 0.3) is 5.91 Å². The van der Waals surface area contributed by atoms with Crippen LogP contribution >= 0.6 is 0 Å². The lowest BCUT2D eigenvalue weighted by molar-refractivity contribution is 0.102. The Bertz CT molecular complexity index is 1070. The number of rotatable bonds is 7. The second-order valence-electron chi connectivity index (χ2n) is 8.18. The van der Waals surface area contributed by atoms with Gasteiger partial charge in [-0.05, 0) is 18.3 Å². The van der Waals surface area contributed by atoms with Crippen LogP contribution in [-0.4, -0.2) is 38.3 Å². The Hall–Kier alpha value is -3.10. The van der Waals surface area contributed by atoms with Gasteiger partial charge in [-0.15, -0.1) is 0 Å². The van der Waals surface area contributed by atoms with Gasteiger partial charge < -0.3 is 14.6 Å². The SMILES string of the molecule is O=C(Nc1cc(F)c2nc(CF)cn2c1)c1cnc(N2CC(CCC3CC3)C2)cn1. The highest BCUT2D eigenvalue weighted by atomic mass is 19.1. The first-order valence-corrected chi connectivity index (χ1v) is 10.2. The number of carbonyl (C=O) groups excluding carboxylic acids is 1. The summed E-state index contributed by atoms with van der Waals surface area (Å²) in [6, 6.07) is 1.14. The van der Waals surface area contributed by atoms with E-state index in [2.05, 4.69) is 25.2 Å². The van der Waals surface area contributed by atoms with Crippen molar-refractivity contribution >= 4 is 23.1 Å². The van der Waals surface area contributed by atoms with E-state index in [0.29, 0.717) is 0 Å². The van der Waals surface area contributed by atoms with Crippen LogP contribution in [0.5, 0.6) is 0 Å². The molecule has 156 valence electrons. The summed E-state index contributed by atoms with van der Waals surface area (Å²) >= 11 is 0. The van der Waals surface area contributed by atoms with Gasteiger partial charge >= 0.3 is 0 Å². The minimum atomic E-state index is -0.789. The number of carbonyl (C=O) groups is 1. The highest BCUT2D eigenvalue weighted by Crippen LogP contribution is 2.36. The quantitative estimate of drug-likeness (QED) is 0.642. The molecule has 2 fully saturated rings. The van der Waals surface area contributed by atoms with Crippen LogP contribution in [-0.2, 0) is 6.67 Å². The van der Waals surface area contributed by atoms with Crippen molar-refractivity contribution in [2.75, 3.05) is 23.3 Å². The van der Waals surface area contributed by atoms with Crippen LogP contribution in [0.1, 0.15) is 41.9 Å². The summed E-state index contributed by atoms with van der Waals surface area (Å²) in [5, 5.41) is 2.60. The maximum atomic E-state index is 14.2. The number of aromatic nitrogens is 4. The summed E-state index contributed by atoms with van der Waals surface area (Å²) in [4.78, 5) is 27.0. The van der Waals surface area contributed by atoms with E-state index in [1.807, 2.05) is 0 Å². The van der Waals surface area contributed by atoms with E-state index in [-0.39, 0.29) is 22.7 Å². The Labute approximate surface area is 172 Å². The average Bonchev–Trinajstić information content (AvgIpc) is 3.44. The van der Waals surface area contributed by atoms with Crippen molar-refractivity contribution in [3.63, 3.8) is 0 Å². The average molecular weight is 412 g/mol. The molecule has 7 nitrogen and oxygen atoms in total. The maximum absolute atomic E-state index is 14.2. The third-order valence-electron chi connectivity index (χ3n) is 5.78. The van der Waals surface area contributed by atoms with Gasteiger partial charge in [0, 0.05) is 31.5 Å². The zero-order valence-electron chi connectivity index (χ0n) is 16.4. The number of hydrogen-bond donors (Lipinski definition) is 1. The fraction of sp³-hybridized carbons (Fsp3) is 0.429.